The van der Waals surface area contributed by atoms with E-state index in [0.717, 1.165) is 0 Å². The molecule has 0 aliphatic heterocycles. The topological polar surface area (TPSA) is 0 Å². The Morgan fingerprint density at radius 2 is 0.793 bits per heavy atom. The summed E-state index contributed by atoms with van der Waals surface area (Å²) in [7, 11) is -5.02. The molecule has 0 aromatic heterocycles. The number of hydrogen-bond acceptors (Lipinski definition) is 0. The van der Waals surface area contributed by atoms with Crippen molar-refractivity contribution in [2.24, 2.45) is 0 Å². The molecule has 0 aromatic carbocycles. The zero-order valence-electron chi connectivity index (χ0n) is 20.9. The molecular weight excluding hydrogens is 686 g/mol. The molecule has 0 amide bonds. The van der Waals surface area contributed by atoms with Gasteiger partial charge in [-0.05, 0) is 0 Å². The fourth-order valence-corrected chi connectivity index (χ4v) is 33.1. The Morgan fingerprint density at radius 1 is 0.517 bits per heavy atom. The molecule has 0 radical (unpaired) electrons. The zero-order chi connectivity index (χ0) is 21.0. The van der Waals surface area contributed by atoms with E-state index in [4.69, 9.17) is 0 Å². The van der Waals surface area contributed by atoms with E-state index in [9.17, 15) is 0 Å². The van der Waals surface area contributed by atoms with Crippen molar-refractivity contribution in [2.75, 3.05) is 0 Å². The smallest absolute Gasteiger partial charge is 0.147 e. The third kappa shape index (κ3) is 7.22. The van der Waals surface area contributed by atoms with Crippen molar-refractivity contribution in [3.8, 4) is 0 Å². The van der Waals surface area contributed by atoms with Gasteiger partial charge in [0.1, 0.15) is 0 Å². The van der Waals surface area contributed by atoms with Crippen LogP contribution in [0, 0.1) is 27.7 Å². The molecule has 0 N–H and O–H groups in total. The molecular formula is C22H44Cl2Si4U. The minimum atomic E-state index is -1.27. The van der Waals surface area contributed by atoms with Crippen LogP contribution in [0.4, 0.5) is 0 Å². The van der Waals surface area contributed by atoms with E-state index in [1.807, 2.05) is 26.0 Å². The Bertz CT molecular complexity index is 686. The van der Waals surface area contributed by atoms with Gasteiger partial charge in [0, 0.05) is 0 Å². The summed E-state index contributed by atoms with van der Waals surface area (Å²) in [6.45, 7) is 31.0. The Morgan fingerprint density at radius 3 is 1.00 bits per heavy atom. The molecule has 2 rings (SSSR count). The summed E-state index contributed by atoms with van der Waals surface area (Å²) in [6.07, 6.45) is 8.00. The van der Waals surface area contributed by atoms with Crippen molar-refractivity contribution >= 4 is 57.1 Å². The summed E-state index contributed by atoms with van der Waals surface area (Å²) in [6, 6.07) is 0. The van der Waals surface area contributed by atoms with Gasteiger partial charge >= 0.3 is 190 Å². The molecule has 166 valence electrons. The normalized spacial score (nSPS) is 18.2. The monoisotopic (exact) mass is 728 g/mol. The first-order valence-corrected chi connectivity index (χ1v) is 28.8. The quantitative estimate of drug-likeness (QED) is 0.241. The van der Waals surface area contributed by atoms with Crippen molar-refractivity contribution in [2.45, 2.75) is 91.4 Å². The van der Waals surface area contributed by atoms with Gasteiger partial charge in [0.15, 0.2) is 0 Å². The molecule has 0 nitrogen and oxygen atoms in total. The average Bonchev–Trinajstić information content (AvgIpc) is 3.00. The molecule has 0 unspecified atom stereocenters. The molecule has 0 fully saturated rings. The molecule has 7 heteroatoms. The van der Waals surface area contributed by atoms with Crippen molar-refractivity contribution in [3.63, 3.8) is 0 Å². The van der Waals surface area contributed by atoms with Crippen molar-refractivity contribution in [1.29, 1.82) is 0 Å². The number of rotatable bonds is 6. The van der Waals surface area contributed by atoms with Crippen LogP contribution in [0.5, 0.6) is 0 Å². The van der Waals surface area contributed by atoms with E-state index in [1.54, 1.807) is 0 Å². The molecule has 0 saturated heterocycles. The van der Waals surface area contributed by atoms with Crippen LogP contribution in [-0.4, -0.2) is 32.3 Å². The molecule has 0 saturated carbocycles. The fourth-order valence-electron chi connectivity index (χ4n) is 4.63. The summed E-state index contributed by atoms with van der Waals surface area (Å²) in [5.74, 6) is 0. The Labute approximate surface area is 212 Å². The van der Waals surface area contributed by atoms with Gasteiger partial charge in [-0.2, -0.15) is 0 Å². The molecule has 0 aromatic rings. The van der Waals surface area contributed by atoms with Crippen LogP contribution in [0.2, 0.25) is 78.6 Å². The first kappa shape index (κ1) is 30.5. The van der Waals surface area contributed by atoms with E-state index in [0.29, 0.717) is 0 Å². The van der Waals surface area contributed by atoms with E-state index < -0.39 is 60.0 Å². The fraction of sp³-hybridized carbons (Fsp3) is 0.636. The predicted molar refractivity (Wildman–Crippen MR) is 147 cm³/mol. The van der Waals surface area contributed by atoms with Crippen LogP contribution in [-0.2, 0) is 0 Å². The third-order valence-corrected chi connectivity index (χ3v) is 22.7. The third-order valence-electron chi connectivity index (χ3n) is 5.58. The maximum Gasteiger partial charge on any atom is -0.147 e. The molecule has 0 bridgehead atoms. The minimum Gasteiger partial charge on any atom is -0.147 e. The van der Waals surface area contributed by atoms with Crippen LogP contribution in [0.25, 0.3) is 0 Å². The number of hydrogen-bond donors (Lipinski definition) is 0. The summed E-state index contributed by atoms with van der Waals surface area (Å²) >= 11 is -1.09. The summed E-state index contributed by atoms with van der Waals surface area (Å²) in [5.41, 5.74) is 0. The minimum absolute atomic E-state index is 0. The van der Waals surface area contributed by atoms with Gasteiger partial charge in [0.25, 0.3) is 0 Å². The van der Waals surface area contributed by atoms with Gasteiger partial charge in [0.05, 0.1) is 0 Å². The van der Waals surface area contributed by atoms with E-state index >= 15 is 0 Å². The van der Waals surface area contributed by atoms with E-state index in [1.165, 1.54) is 12.8 Å². The number of allylic oxidation sites excluding steroid dienone is 8. The molecule has 2 aliphatic carbocycles. The second-order valence-electron chi connectivity index (χ2n) is 12.5. The van der Waals surface area contributed by atoms with Crippen molar-refractivity contribution < 1.29 is 27.7 Å². The average molecular weight is 730 g/mol. The van der Waals surface area contributed by atoms with Gasteiger partial charge < -0.3 is 0 Å². The Kier molecular flexibility index (Phi) is 10.7. The van der Waals surface area contributed by atoms with Gasteiger partial charge in [0.2, 0.25) is 0 Å². The van der Waals surface area contributed by atoms with Gasteiger partial charge in [-0.15, -0.1) is 24.8 Å². The summed E-state index contributed by atoms with van der Waals surface area (Å²) < 4.78 is 4.01. The van der Waals surface area contributed by atoms with Gasteiger partial charge in [-0.25, -0.2) is 0 Å². The van der Waals surface area contributed by atoms with Crippen molar-refractivity contribution in [1.82, 2.24) is 0 Å². The van der Waals surface area contributed by atoms with E-state index in [2.05, 4.69) is 90.7 Å². The SMILES string of the molecule is C[Si](C)(C)C1=CC[C]([U][C]2=C([Si](C)(C)C)C([Si](C)(C)C)=CC2)=C1[Si](C)(C)C.Cl.Cl. The van der Waals surface area contributed by atoms with E-state index in [-0.39, 0.29) is 24.8 Å². The van der Waals surface area contributed by atoms with Crippen LogP contribution in [0.15, 0.2) is 38.2 Å². The Hall–Kier alpha value is 1.46. The first-order valence-electron chi connectivity index (χ1n) is 10.6. The molecule has 0 heterocycles. The molecule has 0 atom stereocenters. The van der Waals surface area contributed by atoms with Crippen molar-refractivity contribution in [3.05, 3.63) is 38.2 Å². The summed E-state index contributed by atoms with van der Waals surface area (Å²) in [4.78, 5) is 0. The van der Waals surface area contributed by atoms with Gasteiger partial charge in [-0.3, -0.25) is 0 Å². The molecule has 0 spiro atoms. The maximum absolute atomic E-state index is 2.68. The van der Waals surface area contributed by atoms with Crippen LogP contribution < -0.4 is 0 Å². The van der Waals surface area contributed by atoms with Crippen LogP contribution >= 0.6 is 24.8 Å². The van der Waals surface area contributed by atoms with Gasteiger partial charge in [-0.1, -0.05) is 0 Å². The second-order valence-corrected chi connectivity index (χ2v) is 38.6. The summed E-state index contributed by atoms with van der Waals surface area (Å²) in [5, 5.41) is 7.58. The zero-order valence-corrected chi connectivity index (χ0v) is 30.7. The molecule has 29 heavy (non-hydrogen) atoms. The first-order chi connectivity index (χ1) is 11.9. The predicted octanol–water partition coefficient (Wildman–Crippen LogP) is 8.59. The second kappa shape index (κ2) is 10.2. The molecule has 2 aliphatic rings. The largest absolute Gasteiger partial charge is 0.147 e. The standard InChI is InChI=1S/2C11H21Si2.2ClH.U/c2*1-12(2,3)10-8-7-9-11(10)13(4,5)6;;;/h2*8H,7H2,1-6H3;2*1H;. The van der Waals surface area contributed by atoms with Crippen LogP contribution in [0.3, 0.4) is 0 Å². The van der Waals surface area contributed by atoms with Crippen LogP contribution in [0.1, 0.15) is 12.8 Å². The number of halogens is 2. The Balaban J connectivity index is 0.00000392. The maximum atomic E-state index is 2.68.